The van der Waals surface area contributed by atoms with Crippen molar-refractivity contribution in [1.29, 1.82) is 0 Å². The molecule has 2 heteroatoms. The molecule has 0 unspecified atom stereocenters. The number of thioether (sulfide) groups is 1. The van der Waals surface area contributed by atoms with Crippen molar-refractivity contribution >= 4 is 11.8 Å². The Kier molecular flexibility index (Phi) is 5.94. The van der Waals surface area contributed by atoms with Crippen LogP contribution in [0.25, 0.3) is 0 Å². The first-order valence-electron chi connectivity index (χ1n) is 3.27. The van der Waals surface area contributed by atoms with Gasteiger partial charge in [-0.2, -0.15) is 0 Å². The van der Waals surface area contributed by atoms with Crippen LogP contribution in [0.2, 0.25) is 0 Å². The fourth-order valence-electron chi connectivity index (χ4n) is 0.493. The molecule has 0 heterocycles. The lowest BCUT2D eigenvalue weighted by Crippen LogP contribution is -1.86. The van der Waals surface area contributed by atoms with Gasteiger partial charge >= 0.3 is 0 Å². The first kappa shape index (κ1) is 8.89. The Labute approximate surface area is 61.5 Å². The molecule has 0 N–H and O–H groups in total. The average molecular weight is 146 g/mol. The fraction of sp³-hybridized carbons (Fsp3) is 0.714. The van der Waals surface area contributed by atoms with Crippen molar-refractivity contribution in [1.82, 2.24) is 0 Å². The van der Waals surface area contributed by atoms with E-state index in [-0.39, 0.29) is 0 Å². The third kappa shape index (κ3) is 4.40. The minimum absolute atomic E-state index is 0.771. The largest absolute Gasteiger partial charge is 0.488 e. The Morgan fingerprint density at radius 2 is 2.22 bits per heavy atom. The Balaban J connectivity index is 3.43. The van der Waals surface area contributed by atoms with Crippen molar-refractivity contribution in [2.75, 3.05) is 12.4 Å². The van der Waals surface area contributed by atoms with Gasteiger partial charge in [-0.15, -0.1) is 0 Å². The highest BCUT2D eigenvalue weighted by atomic mass is 32.2. The normalized spacial score (nSPS) is 11.7. The molecule has 0 aliphatic carbocycles. The van der Waals surface area contributed by atoms with Crippen molar-refractivity contribution in [3.63, 3.8) is 0 Å². The van der Waals surface area contributed by atoms with Gasteiger partial charge < -0.3 is 4.74 Å². The molecule has 0 bridgehead atoms. The summed E-state index contributed by atoms with van der Waals surface area (Å²) in [5, 5.41) is 1.04. The van der Waals surface area contributed by atoms with Gasteiger partial charge in [0.25, 0.3) is 0 Å². The SMILES string of the molecule is C/C=C(/OCC)SCC. The van der Waals surface area contributed by atoms with E-state index in [0.717, 1.165) is 17.5 Å². The molecule has 0 aliphatic heterocycles. The van der Waals surface area contributed by atoms with Gasteiger partial charge in [0, 0.05) is 0 Å². The summed E-state index contributed by atoms with van der Waals surface area (Å²) < 4.78 is 5.26. The van der Waals surface area contributed by atoms with E-state index in [9.17, 15) is 0 Å². The first-order chi connectivity index (χ1) is 4.35. The molecule has 0 amide bonds. The van der Waals surface area contributed by atoms with Crippen LogP contribution in [0, 0.1) is 0 Å². The summed E-state index contributed by atoms with van der Waals surface area (Å²) in [7, 11) is 0. The van der Waals surface area contributed by atoms with Gasteiger partial charge in [-0.25, -0.2) is 0 Å². The van der Waals surface area contributed by atoms with E-state index in [2.05, 4.69) is 6.92 Å². The van der Waals surface area contributed by atoms with Crippen LogP contribution in [0.1, 0.15) is 20.8 Å². The molecule has 0 saturated heterocycles. The lowest BCUT2D eigenvalue weighted by molar-refractivity contribution is 0.257. The molecule has 0 aromatic heterocycles. The summed E-state index contributed by atoms with van der Waals surface area (Å²) in [6.07, 6.45) is 2.00. The van der Waals surface area contributed by atoms with Gasteiger partial charge in [-0.1, -0.05) is 18.7 Å². The molecule has 0 radical (unpaired) electrons. The predicted molar refractivity (Wildman–Crippen MR) is 43.5 cm³/mol. The molecule has 0 aromatic rings. The third-order valence-corrected chi connectivity index (χ3v) is 1.74. The van der Waals surface area contributed by atoms with E-state index in [1.807, 2.05) is 19.9 Å². The minimum atomic E-state index is 0.771. The maximum Gasteiger partial charge on any atom is 0.148 e. The van der Waals surface area contributed by atoms with Gasteiger partial charge in [0.05, 0.1) is 6.61 Å². The summed E-state index contributed by atoms with van der Waals surface area (Å²) in [6, 6.07) is 0. The Morgan fingerprint density at radius 1 is 1.56 bits per heavy atom. The molecule has 0 rings (SSSR count). The quantitative estimate of drug-likeness (QED) is 0.564. The highest BCUT2D eigenvalue weighted by Gasteiger charge is 1.91. The Hall–Kier alpha value is -0.110. The Bertz CT molecular complexity index is 80.9. The zero-order chi connectivity index (χ0) is 7.11. The molecular formula is C7H14OS. The summed E-state index contributed by atoms with van der Waals surface area (Å²) in [5.74, 6) is 1.08. The van der Waals surface area contributed by atoms with Crippen molar-refractivity contribution in [2.24, 2.45) is 0 Å². The van der Waals surface area contributed by atoms with E-state index < -0.39 is 0 Å². The second-order valence-electron chi connectivity index (χ2n) is 1.47. The zero-order valence-corrected chi connectivity index (χ0v) is 7.12. The smallest absolute Gasteiger partial charge is 0.148 e. The topological polar surface area (TPSA) is 9.23 Å². The molecule has 54 valence electrons. The predicted octanol–water partition coefficient (Wildman–Crippen LogP) is 2.64. The molecule has 0 atom stereocenters. The molecule has 0 fully saturated rings. The molecule has 1 nitrogen and oxygen atoms in total. The highest BCUT2D eigenvalue weighted by Crippen LogP contribution is 2.15. The van der Waals surface area contributed by atoms with Gasteiger partial charge in [0.15, 0.2) is 0 Å². The summed E-state index contributed by atoms with van der Waals surface area (Å²) in [6.45, 7) is 6.88. The van der Waals surface area contributed by atoms with Crippen LogP contribution in [0.15, 0.2) is 11.2 Å². The van der Waals surface area contributed by atoms with Crippen molar-refractivity contribution in [3.8, 4) is 0 Å². The van der Waals surface area contributed by atoms with E-state index >= 15 is 0 Å². The monoisotopic (exact) mass is 146 g/mol. The molecule has 0 saturated carbocycles. The van der Waals surface area contributed by atoms with E-state index in [0.29, 0.717) is 0 Å². The molecular weight excluding hydrogens is 132 g/mol. The van der Waals surface area contributed by atoms with E-state index in [1.165, 1.54) is 0 Å². The number of ether oxygens (including phenoxy) is 1. The van der Waals surface area contributed by atoms with Crippen molar-refractivity contribution in [2.45, 2.75) is 20.8 Å². The maximum atomic E-state index is 5.26. The van der Waals surface area contributed by atoms with Gasteiger partial charge in [0.2, 0.25) is 0 Å². The fourth-order valence-corrected chi connectivity index (χ4v) is 1.15. The standard InChI is InChI=1S/C7H14OS/c1-4-7(8-5-2)9-6-3/h4H,5-6H2,1-3H3/b7-4-. The maximum absolute atomic E-state index is 5.26. The lowest BCUT2D eigenvalue weighted by atomic mass is 10.7. The van der Waals surface area contributed by atoms with Crippen LogP contribution < -0.4 is 0 Å². The minimum Gasteiger partial charge on any atom is -0.488 e. The molecule has 9 heavy (non-hydrogen) atoms. The van der Waals surface area contributed by atoms with Gasteiger partial charge in [-0.05, 0) is 25.7 Å². The zero-order valence-electron chi connectivity index (χ0n) is 6.31. The van der Waals surface area contributed by atoms with Crippen LogP contribution in [0.4, 0.5) is 0 Å². The third-order valence-electron chi connectivity index (χ3n) is 0.809. The van der Waals surface area contributed by atoms with Crippen LogP contribution in [0.3, 0.4) is 0 Å². The van der Waals surface area contributed by atoms with Crippen molar-refractivity contribution in [3.05, 3.63) is 11.2 Å². The first-order valence-corrected chi connectivity index (χ1v) is 4.25. The highest BCUT2D eigenvalue weighted by molar-refractivity contribution is 8.02. The Morgan fingerprint density at radius 3 is 2.56 bits per heavy atom. The molecule has 0 aromatic carbocycles. The molecule has 0 spiro atoms. The van der Waals surface area contributed by atoms with Crippen molar-refractivity contribution < 1.29 is 4.74 Å². The number of hydrogen-bond acceptors (Lipinski definition) is 2. The second-order valence-corrected chi connectivity index (χ2v) is 2.74. The van der Waals surface area contributed by atoms with Gasteiger partial charge in [-0.3, -0.25) is 0 Å². The van der Waals surface area contributed by atoms with E-state index in [4.69, 9.17) is 4.74 Å². The summed E-state index contributed by atoms with van der Waals surface area (Å²) in [5.41, 5.74) is 0. The average Bonchev–Trinajstić information content (AvgIpc) is 1.88. The summed E-state index contributed by atoms with van der Waals surface area (Å²) >= 11 is 1.74. The molecule has 0 aliphatic rings. The van der Waals surface area contributed by atoms with Crippen LogP contribution >= 0.6 is 11.8 Å². The van der Waals surface area contributed by atoms with E-state index in [1.54, 1.807) is 11.8 Å². The van der Waals surface area contributed by atoms with Crippen LogP contribution in [-0.4, -0.2) is 12.4 Å². The second kappa shape index (κ2) is 6.02. The van der Waals surface area contributed by atoms with Gasteiger partial charge in [0.1, 0.15) is 5.09 Å². The number of rotatable bonds is 4. The lowest BCUT2D eigenvalue weighted by Gasteiger charge is -2.03. The van der Waals surface area contributed by atoms with Crippen LogP contribution in [0.5, 0.6) is 0 Å². The van der Waals surface area contributed by atoms with Crippen LogP contribution in [-0.2, 0) is 4.74 Å². The summed E-state index contributed by atoms with van der Waals surface area (Å²) in [4.78, 5) is 0. The number of allylic oxidation sites excluding steroid dienone is 1. The number of hydrogen-bond donors (Lipinski definition) is 0.